The Kier molecular flexibility index (Phi) is 5.35. The van der Waals surface area contributed by atoms with Crippen molar-refractivity contribution in [1.82, 2.24) is 15.1 Å². The molecule has 0 aliphatic carbocycles. The Morgan fingerprint density at radius 3 is 2.74 bits per heavy atom. The summed E-state index contributed by atoms with van der Waals surface area (Å²) in [5.41, 5.74) is 3.56. The Balaban J connectivity index is 2.01. The molecular formula is C16H20N4O3. The van der Waals surface area contributed by atoms with Gasteiger partial charge in [0.1, 0.15) is 0 Å². The molecule has 2 amide bonds. The van der Waals surface area contributed by atoms with E-state index in [4.69, 9.17) is 5.11 Å². The predicted octanol–water partition coefficient (Wildman–Crippen LogP) is 2.38. The predicted molar refractivity (Wildman–Crippen MR) is 87.3 cm³/mol. The van der Waals surface area contributed by atoms with E-state index in [2.05, 4.69) is 15.7 Å². The number of anilines is 1. The summed E-state index contributed by atoms with van der Waals surface area (Å²) >= 11 is 0. The number of aliphatic carboxylic acids is 1. The molecule has 7 nitrogen and oxygen atoms in total. The van der Waals surface area contributed by atoms with E-state index >= 15 is 0 Å². The van der Waals surface area contributed by atoms with Crippen LogP contribution in [-0.4, -0.2) is 33.4 Å². The quantitative estimate of drug-likeness (QED) is 0.713. The molecule has 0 saturated heterocycles. The molecule has 122 valence electrons. The molecule has 1 heterocycles. The van der Waals surface area contributed by atoms with Crippen LogP contribution in [0.2, 0.25) is 0 Å². The molecular weight excluding hydrogens is 296 g/mol. The van der Waals surface area contributed by atoms with Gasteiger partial charge in [0, 0.05) is 37.5 Å². The Morgan fingerprint density at radius 1 is 1.30 bits per heavy atom. The van der Waals surface area contributed by atoms with Crippen LogP contribution in [0.25, 0.3) is 11.3 Å². The first-order valence-electron chi connectivity index (χ1n) is 7.33. The lowest BCUT2D eigenvalue weighted by Crippen LogP contribution is -2.30. The van der Waals surface area contributed by atoms with Gasteiger partial charge in [0.05, 0.1) is 5.69 Å². The van der Waals surface area contributed by atoms with E-state index in [0.717, 1.165) is 16.8 Å². The average Bonchev–Trinajstić information content (AvgIpc) is 2.92. The van der Waals surface area contributed by atoms with Gasteiger partial charge in [-0.15, -0.1) is 0 Å². The van der Waals surface area contributed by atoms with Crippen molar-refractivity contribution in [2.75, 3.05) is 11.9 Å². The van der Waals surface area contributed by atoms with Gasteiger partial charge in [0.2, 0.25) is 0 Å². The van der Waals surface area contributed by atoms with Crippen molar-refractivity contribution in [3.63, 3.8) is 0 Å². The normalized spacial score (nSPS) is 10.3. The maximum atomic E-state index is 11.9. The topological polar surface area (TPSA) is 96.3 Å². The zero-order chi connectivity index (χ0) is 16.8. The molecule has 2 aromatic rings. The number of aryl methyl sites for hydroxylation is 2. The number of carbonyl (C=O) groups excluding carboxylic acids is 1. The number of aromatic nitrogens is 2. The Labute approximate surface area is 134 Å². The molecule has 1 aromatic heterocycles. The minimum Gasteiger partial charge on any atom is -0.481 e. The van der Waals surface area contributed by atoms with Crippen molar-refractivity contribution >= 4 is 17.7 Å². The fraction of sp³-hybridized carbons (Fsp3) is 0.312. The van der Waals surface area contributed by atoms with Gasteiger partial charge in [0.25, 0.3) is 0 Å². The molecule has 0 saturated carbocycles. The number of rotatable bonds is 6. The molecule has 0 aliphatic rings. The Bertz CT molecular complexity index is 709. The van der Waals surface area contributed by atoms with Crippen LogP contribution in [0.1, 0.15) is 18.4 Å². The van der Waals surface area contributed by atoms with E-state index in [0.29, 0.717) is 18.7 Å². The van der Waals surface area contributed by atoms with Crippen LogP contribution in [0.15, 0.2) is 30.5 Å². The number of nitrogens with zero attached hydrogens (tertiary/aromatic N) is 2. The van der Waals surface area contributed by atoms with Gasteiger partial charge in [-0.25, -0.2) is 4.79 Å². The average molecular weight is 316 g/mol. The fourth-order valence-corrected chi connectivity index (χ4v) is 2.18. The molecule has 0 aliphatic heterocycles. The van der Waals surface area contributed by atoms with E-state index in [9.17, 15) is 9.59 Å². The summed E-state index contributed by atoms with van der Waals surface area (Å²) in [6, 6.07) is 7.36. The van der Waals surface area contributed by atoms with Crippen LogP contribution >= 0.6 is 0 Å². The number of carboxylic acids is 1. The number of carbonyl (C=O) groups is 2. The Hall–Kier alpha value is -2.83. The van der Waals surface area contributed by atoms with Crippen LogP contribution in [0, 0.1) is 6.92 Å². The first-order chi connectivity index (χ1) is 11.0. The first-order valence-corrected chi connectivity index (χ1v) is 7.33. The molecule has 7 heteroatoms. The van der Waals surface area contributed by atoms with Crippen LogP contribution in [0.5, 0.6) is 0 Å². The number of nitrogens with one attached hydrogen (secondary N) is 2. The second-order valence-electron chi connectivity index (χ2n) is 5.25. The highest BCUT2D eigenvalue weighted by atomic mass is 16.4. The zero-order valence-electron chi connectivity index (χ0n) is 13.2. The number of carboxylic acid groups (broad SMARTS) is 1. The van der Waals surface area contributed by atoms with Gasteiger partial charge in [-0.05, 0) is 31.0 Å². The van der Waals surface area contributed by atoms with E-state index in [1.807, 2.05) is 38.2 Å². The summed E-state index contributed by atoms with van der Waals surface area (Å²) in [6.45, 7) is 2.23. The molecule has 0 unspecified atom stereocenters. The van der Waals surface area contributed by atoms with E-state index in [1.54, 1.807) is 10.9 Å². The highest BCUT2D eigenvalue weighted by Gasteiger charge is 2.08. The van der Waals surface area contributed by atoms with Crippen molar-refractivity contribution in [3.05, 3.63) is 36.0 Å². The third-order valence-corrected chi connectivity index (χ3v) is 3.46. The van der Waals surface area contributed by atoms with Crippen molar-refractivity contribution in [3.8, 4) is 11.3 Å². The summed E-state index contributed by atoms with van der Waals surface area (Å²) in [4.78, 5) is 22.3. The number of amides is 2. The largest absolute Gasteiger partial charge is 0.481 e. The van der Waals surface area contributed by atoms with Crippen molar-refractivity contribution < 1.29 is 14.7 Å². The highest BCUT2D eigenvalue weighted by Crippen LogP contribution is 2.24. The second kappa shape index (κ2) is 7.44. The van der Waals surface area contributed by atoms with Gasteiger partial charge in [-0.1, -0.05) is 12.1 Å². The molecule has 23 heavy (non-hydrogen) atoms. The molecule has 0 bridgehead atoms. The third kappa shape index (κ3) is 4.57. The minimum atomic E-state index is -0.869. The maximum Gasteiger partial charge on any atom is 0.319 e. The SMILES string of the molecule is Cc1ccc(-c2ccnn2C)cc1NC(=O)NCCCC(=O)O. The maximum absolute atomic E-state index is 11.9. The molecule has 0 radical (unpaired) electrons. The number of benzene rings is 1. The van der Waals surface area contributed by atoms with E-state index < -0.39 is 5.97 Å². The van der Waals surface area contributed by atoms with Crippen molar-refractivity contribution in [2.45, 2.75) is 19.8 Å². The van der Waals surface area contributed by atoms with Crippen LogP contribution in [0.3, 0.4) is 0 Å². The molecule has 3 N–H and O–H groups in total. The highest BCUT2D eigenvalue weighted by molar-refractivity contribution is 5.91. The van der Waals surface area contributed by atoms with E-state index in [1.165, 1.54) is 0 Å². The fourth-order valence-electron chi connectivity index (χ4n) is 2.18. The van der Waals surface area contributed by atoms with Gasteiger partial charge in [-0.2, -0.15) is 5.10 Å². The van der Waals surface area contributed by atoms with Crippen LogP contribution in [0.4, 0.5) is 10.5 Å². The number of hydrogen-bond acceptors (Lipinski definition) is 3. The lowest BCUT2D eigenvalue weighted by atomic mass is 10.1. The van der Waals surface area contributed by atoms with E-state index in [-0.39, 0.29) is 12.5 Å². The number of hydrogen-bond donors (Lipinski definition) is 3. The van der Waals surface area contributed by atoms with Gasteiger partial charge in [-0.3, -0.25) is 9.48 Å². The summed E-state index contributed by atoms with van der Waals surface area (Å²) in [6.07, 6.45) is 2.16. The first kappa shape index (κ1) is 16.5. The lowest BCUT2D eigenvalue weighted by molar-refractivity contribution is -0.137. The van der Waals surface area contributed by atoms with Gasteiger partial charge >= 0.3 is 12.0 Å². The van der Waals surface area contributed by atoms with Gasteiger partial charge < -0.3 is 15.7 Å². The lowest BCUT2D eigenvalue weighted by Gasteiger charge is -2.12. The van der Waals surface area contributed by atoms with Crippen molar-refractivity contribution in [1.29, 1.82) is 0 Å². The standard InChI is InChI=1S/C16H20N4O3/c1-11-5-6-12(14-7-9-18-20(14)2)10-13(11)19-16(23)17-8-3-4-15(21)22/h5-7,9-10H,3-4,8H2,1-2H3,(H,21,22)(H2,17,19,23). The summed E-state index contributed by atoms with van der Waals surface area (Å²) in [5, 5.41) is 18.1. The molecule has 2 rings (SSSR count). The molecule has 0 atom stereocenters. The van der Waals surface area contributed by atoms with Crippen molar-refractivity contribution in [2.24, 2.45) is 7.05 Å². The summed E-state index contributed by atoms with van der Waals surface area (Å²) in [7, 11) is 1.86. The smallest absolute Gasteiger partial charge is 0.319 e. The minimum absolute atomic E-state index is 0.0370. The van der Waals surface area contributed by atoms with Crippen LogP contribution in [-0.2, 0) is 11.8 Å². The molecule has 0 fully saturated rings. The summed E-state index contributed by atoms with van der Waals surface area (Å²) < 4.78 is 1.76. The number of urea groups is 1. The monoisotopic (exact) mass is 316 g/mol. The third-order valence-electron chi connectivity index (χ3n) is 3.46. The summed E-state index contributed by atoms with van der Waals surface area (Å²) in [5.74, 6) is -0.869. The molecule has 0 spiro atoms. The molecule has 1 aromatic carbocycles. The van der Waals surface area contributed by atoms with Crippen LogP contribution < -0.4 is 10.6 Å². The second-order valence-corrected chi connectivity index (χ2v) is 5.25. The zero-order valence-corrected chi connectivity index (χ0v) is 13.2. The van der Waals surface area contributed by atoms with Gasteiger partial charge in [0.15, 0.2) is 0 Å². The Morgan fingerprint density at radius 2 is 2.09 bits per heavy atom.